The van der Waals surface area contributed by atoms with E-state index in [0.717, 1.165) is 11.4 Å². The van der Waals surface area contributed by atoms with E-state index in [-0.39, 0.29) is 11.6 Å². The second-order valence-electron chi connectivity index (χ2n) is 5.16. The molecule has 0 saturated carbocycles. The standard InChI is InChI=1S/C18H16ClN3O3/c1-24-17-7-4-12(19)9-16(17)22-18(23)15-6-5-13(10-21-15)20-11-14-3-2-8-25-14/h2-10,20H,11H2,1H3,(H,22,23). The van der Waals surface area contributed by atoms with Crippen LogP contribution < -0.4 is 15.4 Å². The molecule has 2 heterocycles. The van der Waals surface area contributed by atoms with Crippen molar-refractivity contribution in [1.82, 2.24) is 4.98 Å². The minimum atomic E-state index is -0.349. The van der Waals surface area contributed by atoms with Crippen LogP contribution in [0.3, 0.4) is 0 Å². The monoisotopic (exact) mass is 357 g/mol. The van der Waals surface area contributed by atoms with E-state index >= 15 is 0 Å². The highest BCUT2D eigenvalue weighted by atomic mass is 35.5. The van der Waals surface area contributed by atoms with Gasteiger partial charge in [0.05, 0.1) is 37.5 Å². The van der Waals surface area contributed by atoms with Crippen molar-refractivity contribution in [2.75, 3.05) is 17.7 Å². The highest BCUT2D eigenvalue weighted by Crippen LogP contribution is 2.28. The second kappa shape index (κ2) is 7.72. The molecule has 0 radical (unpaired) electrons. The van der Waals surface area contributed by atoms with Gasteiger partial charge >= 0.3 is 0 Å². The number of carbonyl (C=O) groups is 1. The molecular weight excluding hydrogens is 342 g/mol. The summed E-state index contributed by atoms with van der Waals surface area (Å²) in [5.74, 6) is 0.988. The number of amides is 1. The number of rotatable bonds is 6. The molecule has 0 aliphatic heterocycles. The number of ether oxygens (including phenoxy) is 1. The predicted octanol–water partition coefficient (Wildman–Crippen LogP) is 4.20. The van der Waals surface area contributed by atoms with Gasteiger partial charge in [-0.25, -0.2) is 4.98 Å². The number of benzene rings is 1. The zero-order valence-electron chi connectivity index (χ0n) is 13.5. The quantitative estimate of drug-likeness (QED) is 0.691. The van der Waals surface area contributed by atoms with Crippen LogP contribution in [-0.4, -0.2) is 18.0 Å². The van der Waals surface area contributed by atoms with Gasteiger partial charge in [-0.1, -0.05) is 11.6 Å². The minimum absolute atomic E-state index is 0.283. The number of halogens is 1. The van der Waals surface area contributed by atoms with E-state index in [4.69, 9.17) is 20.8 Å². The first kappa shape index (κ1) is 16.9. The fourth-order valence-electron chi connectivity index (χ4n) is 2.20. The molecule has 0 aliphatic carbocycles. The van der Waals surface area contributed by atoms with Gasteiger partial charge in [0.25, 0.3) is 5.91 Å². The lowest BCUT2D eigenvalue weighted by Gasteiger charge is -2.10. The molecule has 3 aromatic rings. The zero-order valence-corrected chi connectivity index (χ0v) is 14.2. The molecule has 6 nitrogen and oxygen atoms in total. The molecule has 0 aliphatic rings. The molecule has 1 aromatic carbocycles. The van der Waals surface area contributed by atoms with Crippen LogP contribution in [0, 0.1) is 0 Å². The van der Waals surface area contributed by atoms with Gasteiger partial charge in [0.1, 0.15) is 17.2 Å². The summed E-state index contributed by atoms with van der Waals surface area (Å²) in [5.41, 5.74) is 1.56. The number of nitrogens with one attached hydrogen (secondary N) is 2. The molecule has 2 N–H and O–H groups in total. The van der Waals surface area contributed by atoms with Crippen LogP contribution in [0.2, 0.25) is 5.02 Å². The molecule has 0 spiro atoms. The smallest absolute Gasteiger partial charge is 0.274 e. The van der Waals surface area contributed by atoms with Crippen molar-refractivity contribution in [2.24, 2.45) is 0 Å². The second-order valence-corrected chi connectivity index (χ2v) is 5.60. The number of hydrogen-bond acceptors (Lipinski definition) is 5. The van der Waals surface area contributed by atoms with Gasteiger partial charge in [0.15, 0.2) is 0 Å². The number of anilines is 2. The van der Waals surface area contributed by atoms with Crippen LogP contribution in [0.1, 0.15) is 16.2 Å². The van der Waals surface area contributed by atoms with Crippen molar-refractivity contribution in [1.29, 1.82) is 0 Å². The van der Waals surface area contributed by atoms with Crippen LogP contribution in [0.5, 0.6) is 5.75 Å². The van der Waals surface area contributed by atoms with Crippen LogP contribution in [0.15, 0.2) is 59.3 Å². The number of carbonyl (C=O) groups excluding carboxylic acids is 1. The molecule has 1 amide bonds. The topological polar surface area (TPSA) is 76.4 Å². The SMILES string of the molecule is COc1ccc(Cl)cc1NC(=O)c1ccc(NCc2ccco2)cn1. The maximum atomic E-state index is 12.3. The van der Waals surface area contributed by atoms with E-state index < -0.39 is 0 Å². The minimum Gasteiger partial charge on any atom is -0.495 e. The van der Waals surface area contributed by atoms with Gasteiger partial charge in [0, 0.05) is 5.02 Å². The summed E-state index contributed by atoms with van der Waals surface area (Å²) in [6, 6.07) is 12.1. The molecule has 0 atom stereocenters. The van der Waals surface area contributed by atoms with E-state index in [1.807, 2.05) is 12.1 Å². The summed E-state index contributed by atoms with van der Waals surface area (Å²) in [4.78, 5) is 16.5. The van der Waals surface area contributed by atoms with Crippen LogP contribution >= 0.6 is 11.6 Å². The largest absolute Gasteiger partial charge is 0.495 e. The van der Waals surface area contributed by atoms with Crippen molar-refractivity contribution in [3.8, 4) is 5.75 Å². The molecule has 0 unspecified atom stereocenters. The number of aromatic nitrogens is 1. The maximum Gasteiger partial charge on any atom is 0.274 e. The third-order valence-corrected chi connectivity index (χ3v) is 3.69. The molecule has 3 rings (SSSR count). The Labute approximate surface area is 149 Å². The summed E-state index contributed by atoms with van der Waals surface area (Å²) in [7, 11) is 1.52. The van der Waals surface area contributed by atoms with Gasteiger partial charge < -0.3 is 19.8 Å². The van der Waals surface area contributed by atoms with E-state index in [1.165, 1.54) is 7.11 Å². The summed E-state index contributed by atoms with van der Waals surface area (Å²) < 4.78 is 10.5. The molecular formula is C18H16ClN3O3. The van der Waals surface area contributed by atoms with Gasteiger partial charge in [-0.2, -0.15) is 0 Å². The Morgan fingerprint density at radius 3 is 2.84 bits per heavy atom. The third-order valence-electron chi connectivity index (χ3n) is 3.45. The predicted molar refractivity (Wildman–Crippen MR) is 96.2 cm³/mol. The zero-order chi connectivity index (χ0) is 17.6. The van der Waals surface area contributed by atoms with E-state index in [0.29, 0.717) is 23.0 Å². The Morgan fingerprint density at radius 1 is 1.28 bits per heavy atom. The lowest BCUT2D eigenvalue weighted by molar-refractivity contribution is 0.102. The first-order chi connectivity index (χ1) is 12.2. The van der Waals surface area contributed by atoms with E-state index in [2.05, 4.69) is 15.6 Å². The fraction of sp³-hybridized carbons (Fsp3) is 0.111. The summed E-state index contributed by atoms with van der Waals surface area (Å²) in [6.45, 7) is 0.542. The van der Waals surface area contributed by atoms with Crippen molar-refractivity contribution >= 4 is 28.9 Å². The van der Waals surface area contributed by atoms with Gasteiger partial charge in [0.2, 0.25) is 0 Å². The van der Waals surface area contributed by atoms with Gasteiger partial charge in [-0.3, -0.25) is 4.79 Å². The Hall–Kier alpha value is -2.99. The lowest BCUT2D eigenvalue weighted by atomic mass is 10.2. The summed E-state index contributed by atoms with van der Waals surface area (Å²) in [6.07, 6.45) is 3.21. The van der Waals surface area contributed by atoms with Gasteiger partial charge in [-0.05, 0) is 42.5 Å². The highest BCUT2D eigenvalue weighted by Gasteiger charge is 2.11. The van der Waals surface area contributed by atoms with Gasteiger partial charge in [-0.15, -0.1) is 0 Å². The third kappa shape index (κ3) is 4.30. The average Bonchev–Trinajstić information content (AvgIpc) is 3.14. The number of methoxy groups -OCH3 is 1. The molecule has 7 heteroatoms. The summed E-state index contributed by atoms with van der Waals surface area (Å²) in [5, 5.41) is 6.41. The molecule has 0 bridgehead atoms. The van der Waals surface area contributed by atoms with Crippen LogP contribution in [-0.2, 0) is 6.54 Å². The molecule has 2 aromatic heterocycles. The molecule has 128 valence electrons. The Morgan fingerprint density at radius 2 is 2.16 bits per heavy atom. The molecule has 25 heavy (non-hydrogen) atoms. The number of pyridine rings is 1. The number of hydrogen-bond donors (Lipinski definition) is 2. The summed E-state index contributed by atoms with van der Waals surface area (Å²) >= 11 is 5.96. The fourth-order valence-corrected chi connectivity index (χ4v) is 2.37. The number of nitrogens with zero attached hydrogens (tertiary/aromatic N) is 1. The lowest BCUT2D eigenvalue weighted by Crippen LogP contribution is -2.14. The van der Waals surface area contributed by atoms with Crippen molar-refractivity contribution in [3.63, 3.8) is 0 Å². The van der Waals surface area contributed by atoms with Crippen LogP contribution in [0.4, 0.5) is 11.4 Å². The Bertz CT molecular complexity index is 849. The number of furan rings is 1. The normalized spacial score (nSPS) is 10.3. The highest BCUT2D eigenvalue weighted by molar-refractivity contribution is 6.31. The molecule has 0 fully saturated rings. The van der Waals surface area contributed by atoms with Crippen molar-refractivity contribution in [3.05, 3.63) is 71.4 Å². The Balaban J connectivity index is 1.65. The maximum absolute atomic E-state index is 12.3. The Kier molecular flexibility index (Phi) is 5.20. The average molecular weight is 358 g/mol. The van der Waals surface area contributed by atoms with E-state index in [9.17, 15) is 4.79 Å². The van der Waals surface area contributed by atoms with E-state index in [1.54, 1.807) is 42.8 Å². The van der Waals surface area contributed by atoms with Crippen molar-refractivity contribution < 1.29 is 13.9 Å². The first-order valence-corrected chi connectivity index (χ1v) is 7.90. The van der Waals surface area contributed by atoms with Crippen molar-refractivity contribution in [2.45, 2.75) is 6.54 Å². The first-order valence-electron chi connectivity index (χ1n) is 7.53. The molecule has 0 saturated heterocycles. The van der Waals surface area contributed by atoms with Crippen LogP contribution in [0.25, 0.3) is 0 Å².